The van der Waals surface area contributed by atoms with Crippen LogP contribution in [-0.2, 0) is 4.74 Å². The Kier molecular flexibility index (Phi) is 7.42. The molecular formula is C6H15N5O3. The summed E-state index contributed by atoms with van der Waals surface area (Å²) in [5.74, 6) is 0. The number of nitrogens with two attached hydrogens (primary N) is 2. The molecule has 8 heteroatoms. The predicted octanol–water partition coefficient (Wildman–Crippen LogP) is -2.16. The number of hydrazine groups is 1. The molecule has 0 rings (SSSR count). The smallest absolute Gasteiger partial charge is 0.359 e. The van der Waals surface area contributed by atoms with E-state index in [-0.39, 0.29) is 0 Å². The first-order chi connectivity index (χ1) is 6.66. The summed E-state index contributed by atoms with van der Waals surface area (Å²) < 4.78 is 3.96. The van der Waals surface area contributed by atoms with Gasteiger partial charge in [0.15, 0.2) is 0 Å². The summed E-state index contributed by atoms with van der Waals surface area (Å²) in [6.45, 7) is 2.37. The number of hydrogen-bond acceptors (Lipinski definition) is 6. The highest BCUT2D eigenvalue weighted by atomic mass is 16.6. The molecule has 0 aliphatic heterocycles. The Bertz CT molecular complexity index is 186. The van der Waals surface area contributed by atoms with Gasteiger partial charge in [0.25, 0.3) is 0 Å². The average molecular weight is 205 g/mol. The zero-order chi connectivity index (χ0) is 10.8. The van der Waals surface area contributed by atoms with Gasteiger partial charge in [-0.1, -0.05) is 0 Å². The lowest BCUT2D eigenvalue weighted by Crippen LogP contribution is -2.43. The highest BCUT2D eigenvalue weighted by molar-refractivity contribution is 5.82. The van der Waals surface area contributed by atoms with Crippen molar-refractivity contribution >= 4 is 12.2 Å². The van der Waals surface area contributed by atoms with Crippen molar-refractivity contribution in [3.05, 3.63) is 0 Å². The number of ether oxygens (including phenoxy) is 1. The summed E-state index contributed by atoms with van der Waals surface area (Å²) in [6, 6.07) is 0. The van der Waals surface area contributed by atoms with Gasteiger partial charge in [-0.3, -0.25) is 5.43 Å². The van der Waals surface area contributed by atoms with Gasteiger partial charge in [0.2, 0.25) is 0 Å². The number of rotatable bonds is 6. The minimum Gasteiger partial charge on any atom is -0.359 e. The second kappa shape index (κ2) is 8.23. The molecule has 0 saturated heterocycles. The Morgan fingerprint density at radius 3 is 2.50 bits per heavy atom. The van der Waals surface area contributed by atoms with Crippen molar-refractivity contribution in [2.24, 2.45) is 11.5 Å². The van der Waals surface area contributed by atoms with E-state index in [1.165, 1.54) is 0 Å². The molecule has 0 atom stereocenters. The molecule has 0 saturated carbocycles. The molecule has 0 aromatic rings. The highest BCUT2D eigenvalue weighted by Crippen LogP contribution is 1.72. The molecule has 2 amide bonds. The van der Waals surface area contributed by atoms with Gasteiger partial charge in [0.05, 0.1) is 0 Å². The van der Waals surface area contributed by atoms with Crippen molar-refractivity contribution < 1.29 is 14.3 Å². The molecule has 0 fully saturated rings. The van der Waals surface area contributed by atoms with Gasteiger partial charge in [0, 0.05) is 26.2 Å². The van der Waals surface area contributed by atoms with E-state index in [9.17, 15) is 9.59 Å². The molecule has 0 bridgehead atoms. The minimum atomic E-state index is -1.15. The molecule has 0 radical (unpaired) electrons. The van der Waals surface area contributed by atoms with Crippen LogP contribution in [0.4, 0.5) is 9.59 Å². The van der Waals surface area contributed by atoms with Crippen LogP contribution in [0.3, 0.4) is 0 Å². The van der Waals surface area contributed by atoms with Crippen LogP contribution >= 0.6 is 0 Å². The van der Waals surface area contributed by atoms with Crippen LogP contribution in [0.1, 0.15) is 0 Å². The number of carbonyl (C=O) groups is 2. The number of hydrogen-bond donors (Lipinski definition) is 5. The normalized spacial score (nSPS) is 9.50. The number of primary amides is 1. The van der Waals surface area contributed by atoms with Crippen molar-refractivity contribution in [2.45, 2.75) is 0 Å². The zero-order valence-corrected chi connectivity index (χ0v) is 7.71. The minimum absolute atomic E-state index is 0.480. The van der Waals surface area contributed by atoms with Gasteiger partial charge in [-0.15, -0.1) is 0 Å². The van der Waals surface area contributed by atoms with Gasteiger partial charge in [-0.2, -0.15) is 0 Å². The first kappa shape index (κ1) is 12.6. The summed E-state index contributed by atoms with van der Waals surface area (Å²) in [5.41, 5.74) is 14.4. The summed E-state index contributed by atoms with van der Waals surface area (Å²) in [6.07, 6.45) is -2.08. The Morgan fingerprint density at radius 2 is 1.93 bits per heavy atom. The Balaban J connectivity index is 3.19. The number of carbonyl (C=O) groups excluding carboxylic acids is 2. The maximum absolute atomic E-state index is 10.6. The Labute approximate surface area is 81.3 Å². The van der Waals surface area contributed by atoms with E-state index in [1.54, 1.807) is 0 Å². The van der Waals surface area contributed by atoms with Gasteiger partial charge < -0.3 is 21.5 Å². The van der Waals surface area contributed by atoms with Gasteiger partial charge in [0.1, 0.15) is 0 Å². The number of nitrogens with one attached hydrogen (secondary N) is 3. The van der Waals surface area contributed by atoms with Crippen molar-refractivity contribution in [3.8, 4) is 0 Å². The molecule has 0 aromatic carbocycles. The third kappa shape index (κ3) is 8.71. The van der Waals surface area contributed by atoms with E-state index < -0.39 is 12.2 Å². The van der Waals surface area contributed by atoms with Crippen LogP contribution in [0.15, 0.2) is 0 Å². The van der Waals surface area contributed by atoms with E-state index in [0.717, 1.165) is 0 Å². The van der Waals surface area contributed by atoms with E-state index in [4.69, 9.17) is 5.73 Å². The van der Waals surface area contributed by atoms with Crippen molar-refractivity contribution in [3.63, 3.8) is 0 Å². The standard InChI is InChI=1S/C6H15N5O3/c7-1-2-9-3-4-10-11-6(13)14-5(8)12/h9-10H,1-4,7H2,(H2,8,12)(H,11,13). The molecule has 0 heterocycles. The van der Waals surface area contributed by atoms with Crippen molar-refractivity contribution in [2.75, 3.05) is 26.2 Å². The van der Waals surface area contributed by atoms with Gasteiger partial charge >= 0.3 is 12.2 Å². The van der Waals surface area contributed by atoms with Crippen LogP contribution in [0.25, 0.3) is 0 Å². The van der Waals surface area contributed by atoms with E-state index in [1.807, 2.05) is 0 Å². The molecule has 14 heavy (non-hydrogen) atoms. The molecule has 0 aliphatic rings. The lowest BCUT2D eigenvalue weighted by atomic mass is 10.6. The lowest BCUT2D eigenvalue weighted by molar-refractivity contribution is 0.153. The SMILES string of the molecule is NCCNCCNNC(=O)OC(N)=O. The van der Waals surface area contributed by atoms with E-state index in [0.29, 0.717) is 26.2 Å². The first-order valence-corrected chi connectivity index (χ1v) is 4.07. The molecule has 7 N–H and O–H groups in total. The molecule has 0 spiro atoms. The average Bonchev–Trinajstić information content (AvgIpc) is 2.10. The molecule has 82 valence electrons. The van der Waals surface area contributed by atoms with Crippen LogP contribution in [0.5, 0.6) is 0 Å². The Hall–Kier alpha value is -1.38. The fourth-order valence-corrected chi connectivity index (χ4v) is 0.629. The monoisotopic (exact) mass is 205 g/mol. The van der Waals surface area contributed by atoms with E-state index in [2.05, 4.69) is 26.6 Å². The first-order valence-electron chi connectivity index (χ1n) is 4.07. The van der Waals surface area contributed by atoms with E-state index >= 15 is 0 Å². The topological polar surface area (TPSA) is 132 Å². The maximum atomic E-state index is 10.6. The van der Waals surface area contributed by atoms with Gasteiger partial charge in [-0.25, -0.2) is 15.0 Å². The molecular weight excluding hydrogens is 190 g/mol. The van der Waals surface area contributed by atoms with Gasteiger partial charge in [-0.05, 0) is 0 Å². The third-order valence-electron chi connectivity index (χ3n) is 1.13. The van der Waals surface area contributed by atoms with Crippen LogP contribution in [0.2, 0.25) is 0 Å². The second-order valence-corrected chi connectivity index (χ2v) is 2.30. The summed E-state index contributed by atoms with van der Waals surface area (Å²) in [4.78, 5) is 20.7. The summed E-state index contributed by atoms with van der Waals surface area (Å²) in [7, 11) is 0. The quantitative estimate of drug-likeness (QED) is 0.191. The third-order valence-corrected chi connectivity index (χ3v) is 1.13. The van der Waals surface area contributed by atoms with Crippen LogP contribution in [-0.4, -0.2) is 38.4 Å². The lowest BCUT2D eigenvalue weighted by Gasteiger charge is -2.06. The highest BCUT2D eigenvalue weighted by Gasteiger charge is 2.03. The molecule has 0 aromatic heterocycles. The largest absolute Gasteiger partial charge is 0.430 e. The molecule has 8 nitrogen and oxygen atoms in total. The van der Waals surface area contributed by atoms with Crippen molar-refractivity contribution in [1.29, 1.82) is 0 Å². The zero-order valence-electron chi connectivity index (χ0n) is 7.71. The van der Waals surface area contributed by atoms with Crippen LogP contribution < -0.4 is 27.6 Å². The molecule has 0 unspecified atom stereocenters. The number of amides is 2. The Morgan fingerprint density at radius 1 is 1.21 bits per heavy atom. The maximum Gasteiger partial charge on any atom is 0.430 e. The molecule has 0 aliphatic carbocycles. The predicted molar refractivity (Wildman–Crippen MR) is 49.1 cm³/mol. The fourth-order valence-electron chi connectivity index (χ4n) is 0.629. The second-order valence-electron chi connectivity index (χ2n) is 2.30. The van der Waals surface area contributed by atoms with Crippen molar-refractivity contribution in [1.82, 2.24) is 16.2 Å². The van der Waals surface area contributed by atoms with Crippen LogP contribution in [0, 0.1) is 0 Å². The fraction of sp³-hybridized carbons (Fsp3) is 0.667. The summed E-state index contributed by atoms with van der Waals surface area (Å²) in [5, 5.41) is 2.98. The summed E-state index contributed by atoms with van der Waals surface area (Å²) >= 11 is 0.